The van der Waals surface area contributed by atoms with Crippen molar-refractivity contribution in [3.8, 4) is 0 Å². The number of amides is 1. The van der Waals surface area contributed by atoms with Gasteiger partial charge in [0.2, 0.25) is 5.91 Å². The van der Waals surface area contributed by atoms with Crippen LogP contribution in [-0.4, -0.2) is 55.2 Å². The summed E-state index contributed by atoms with van der Waals surface area (Å²) in [4.78, 5) is 30.7. The van der Waals surface area contributed by atoms with Crippen molar-refractivity contribution in [1.82, 2.24) is 9.21 Å². The fourth-order valence-electron chi connectivity index (χ4n) is 3.95. The van der Waals surface area contributed by atoms with Gasteiger partial charge in [0.1, 0.15) is 10.3 Å². The molecule has 2 aromatic carbocycles. The topological polar surface area (TPSA) is 88.3 Å². The molecule has 1 aliphatic heterocycles. The summed E-state index contributed by atoms with van der Waals surface area (Å²) in [6.07, 6.45) is -0.379. The van der Waals surface area contributed by atoms with E-state index >= 15 is 0 Å². The molecule has 1 aliphatic rings. The van der Waals surface area contributed by atoms with Crippen LogP contribution in [0.3, 0.4) is 0 Å². The number of rotatable bonds is 7. The van der Waals surface area contributed by atoms with Crippen molar-refractivity contribution in [2.75, 3.05) is 19.7 Å². The molecule has 11 heteroatoms. The number of fused-ring (bicyclic) bond motifs is 1. The number of sulfonamides is 1. The van der Waals surface area contributed by atoms with Crippen molar-refractivity contribution in [3.05, 3.63) is 70.5 Å². The number of piperazine rings is 1. The lowest BCUT2D eigenvalue weighted by atomic mass is 10.1. The molecule has 0 spiro atoms. The van der Waals surface area contributed by atoms with E-state index in [0.29, 0.717) is 15.4 Å². The van der Waals surface area contributed by atoms with Crippen molar-refractivity contribution in [3.63, 3.8) is 0 Å². The zero-order valence-electron chi connectivity index (χ0n) is 18.8. The highest BCUT2D eigenvalue weighted by molar-refractivity contribution is 7.91. The standard InChI is InChI=1S/C24H22ClN3O5S2/c1-3-33-22(29)14-20-24(30)27(15-16-4-8-19(26-2)9-5-16)10-11-28(20)35(31,32)23-12-17-6-7-18(25)13-21(17)34-23/h4-9,12-13,20H,3,10-11,14-15H2,1H3. The van der Waals surface area contributed by atoms with Gasteiger partial charge in [0.05, 0.1) is 19.6 Å². The lowest BCUT2D eigenvalue weighted by molar-refractivity contribution is -0.150. The van der Waals surface area contributed by atoms with Crippen LogP contribution in [0.5, 0.6) is 0 Å². The molecular weight excluding hydrogens is 510 g/mol. The van der Waals surface area contributed by atoms with Crippen LogP contribution >= 0.6 is 22.9 Å². The molecule has 0 N–H and O–H groups in total. The first-order valence-corrected chi connectivity index (χ1v) is 13.5. The molecule has 1 unspecified atom stereocenters. The van der Waals surface area contributed by atoms with E-state index in [4.69, 9.17) is 22.9 Å². The Labute approximate surface area is 212 Å². The Hall–Kier alpha value is -2.97. The Morgan fingerprint density at radius 1 is 1.20 bits per heavy atom. The van der Waals surface area contributed by atoms with Crippen LogP contribution in [0.2, 0.25) is 5.02 Å². The molecule has 1 aromatic heterocycles. The Kier molecular flexibility index (Phi) is 7.42. The molecule has 0 aliphatic carbocycles. The molecule has 1 fully saturated rings. The van der Waals surface area contributed by atoms with Crippen molar-refractivity contribution < 1.29 is 22.7 Å². The number of thiophene rings is 1. The first-order chi connectivity index (χ1) is 16.7. The van der Waals surface area contributed by atoms with Gasteiger partial charge >= 0.3 is 5.97 Å². The van der Waals surface area contributed by atoms with Crippen molar-refractivity contribution in [2.45, 2.75) is 30.1 Å². The number of esters is 1. The summed E-state index contributed by atoms with van der Waals surface area (Å²) in [7, 11) is -4.06. The highest BCUT2D eigenvalue weighted by Crippen LogP contribution is 2.34. The second-order valence-corrected chi connectivity index (χ2v) is 11.6. The average Bonchev–Trinajstić information content (AvgIpc) is 3.26. The van der Waals surface area contributed by atoms with E-state index in [1.54, 1.807) is 55.5 Å². The zero-order valence-corrected chi connectivity index (χ0v) is 21.2. The molecule has 1 atom stereocenters. The van der Waals surface area contributed by atoms with Crippen LogP contribution in [0.1, 0.15) is 18.9 Å². The molecule has 182 valence electrons. The molecular formula is C24H22ClN3O5S2. The maximum absolute atomic E-state index is 13.6. The van der Waals surface area contributed by atoms with Crippen LogP contribution in [0.4, 0.5) is 5.69 Å². The van der Waals surface area contributed by atoms with E-state index in [0.717, 1.165) is 26.6 Å². The normalized spacial score (nSPS) is 16.9. The number of carbonyl (C=O) groups is 2. The van der Waals surface area contributed by atoms with Crippen LogP contribution in [0.25, 0.3) is 14.9 Å². The highest BCUT2D eigenvalue weighted by Gasteiger charge is 2.43. The number of ether oxygens (including phenoxy) is 1. The molecule has 1 saturated heterocycles. The summed E-state index contributed by atoms with van der Waals surface area (Å²) in [5.41, 5.74) is 1.29. The maximum atomic E-state index is 13.6. The smallest absolute Gasteiger partial charge is 0.307 e. The SMILES string of the molecule is [C-]#[N+]c1ccc(CN2CCN(S(=O)(=O)c3cc4ccc(Cl)cc4s3)C(CC(=O)OCC)C2=O)cc1. The van der Waals surface area contributed by atoms with E-state index < -0.39 is 27.9 Å². The third-order valence-corrected chi connectivity index (χ3v) is 9.35. The predicted octanol–water partition coefficient (Wildman–Crippen LogP) is 4.46. The quantitative estimate of drug-likeness (QED) is 0.332. The Balaban J connectivity index is 1.63. The first kappa shape index (κ1) is 25.1. The molecule has 3 aromatic rings. The van der Waals surface area contributed by atoms with Crippen molar-refractivity contribution in [2.24, 2.45) is 0 Å². The number of benzene rings is 2. The van der Waals surface area contributed by atoms with Gasteiger partial charge in [0, 0.05) is 29.4 Å². The summed E-state index contributed by atoms with van der Waals surface area (Å²) in [5.74, 6) is -1.11. The largest absolute Gasteiger partial charge is 0.466 e. The van der Waals surface area contributed by atoms with Gasteiger partial charge in [-0.1, -0.05) is 41.9 Å². The summed E-state index contributed by atoms with van der Waals surface area (Å²) < 4.78 is 34.2. The lowest BCUT2D eigenvalue weighted by Gasteiger charge is -2.39. The fourth-order valence-corrected chi connectivity index (χ4v) is 7.33. The summed E-state index contributed by atoms with van der Waals surface area (Å²) >= 11 is 7.12. The van der Waals surface area contributed by atoms with Gasteiger partial charge in [-0.3, -0.25) is 9.59 Å². The number of hydrogen-bond acceptors (Lipinski definition) is 6. The number of nitrogens with zero attached hydrogens (tertiary/aromatic N) is 3. The van der Waals surface area contributed by atoms with E-state index in [9.17, 15) is 18.0 Å². The van der Waals surface area contributed by atoms with Gasteiger partial charge in [-0.05, 0) is 36.1 Å². The third kappa shape index (κ3) is 5.33. The van der Waals surface area contributed by atoms with E-state index in [1.165, 1.54) is 4.90 Å². The molecule has 1 amide bonds. The van der Waals surface area contributed by atoms with Gasteiger partial charge in [0.15, 0.2) is 5.69 Å². The third-order valence-electron chi connectivity index (χ3n) is 5.66. The van der Waals surface area contributed by atoms with Gasteiger partial charge < -0.3 is 9.64 Å². The average molecular weight is 532 g/mol. The molecule has 0 bridgehead atoms. The number of halogens is 1. The highest BCUT2D eigenvalue weighted by atomic mass is 35.5. The second kappa shape index (κ2) is 10.3. The zero-order chi connectivity index (χ0) is 25.2. The number of hydrogen-bond donors (Lipinski definition) is 0. The number of carbonyl (C=O) groups excluding carboxylic acids is 2. The second-order valence-electron chi connectivity index (χ2n) is 7.93. The fraction of sp³-hybridized carbons (Fsp3) is 0.292. The van der Waals surface area contributed by atoms with E-state index in [-0.39, 0.29) is 36.9 Å². The predicted molar refractivity (Wildman–Crippen MR) is 134 cm³/mol. The van der Waals surface area contributed by atoms with Gasteiger partial charge in [-0.25, -0.2) is 13.3 Å². The monoisotopic (exact) mass is 531 g/mol. The molecule has 8 nitrogen and oxygen atoms in total. The Bertz CT molecular complexity index is 1410. The summed E-state index contributed by atoms with van der Waals surface area (Å²) in [6.45, 7) is 9.29. The molecule has 35 heavy (non-hydrogen) atoms. The maximum Gasteiger partial charge on any atom is 0.307 e. The van der Waals surface area contributed by atoms with Crippen LogP contribution in [0, 0.1) is 6.57 Å². The van der Waals surface area contributed by atoms with Crippen molar-refractivity contribution in [1.29, 1.82) is 0 Å². The summed E-state index contributed by atoms with van der Waals surface area (Å²) in [5, 5.41) is 1.23. The Morgan fingerprint density at radius 3 is 2.63 bits per heavy atom. The van der Waals surface area contributed by atoms with Crippen LogP contribution < -0.4 is 0 Å². The van der Waals surface area contributed by atoms with Gasteiger partial charge in [0.25, 0.3) is 10.0 Å². The minimum atomic E-state index is -4.06. The van der Waals surface area contributed by atoms with Crippen LogP contribution in [0.15, 0.2) is 52.7 Å². The van der Waals surface area contributed by atoms with Crippen molar-refractivity contribution >= 4 is 60.6 Å². The minimum absolute atomic E-state index is 0.0350. The molecule has 0 radical (unpaired) electrons. The molecule has 0 saturated carbocycles. The van der Waals surface area contributed by atoms with Crippen LogP contribution in [-0.2, 0) is 30.9 Å². The van der Waals surface area contributed by atoms with Gasteiger partial charge in [-0.2, -0.15) is 4.31 Å². The first-order valence-electron chi connectivity index (χ1n) is 10.8. The van der Waals surface area contributed by atoms with E-state index in [1.807, 2.05) is 0 Å². The van der Waals surface area contributed by atoms with Gasteiger partial charge in [-0.15, -0.1) is 11.3 Å². The Morgan fingerprint density at radius 2 is 1.94 bits per heavy atom. The van der Waals surface area contributed by atoms with E-state index in [2.05, 4.69) is 4.85 Å². The lowest BCUT2D eigenvalue weighted by Crippen LogP contribution is -2.58. The molecule has 4 rings (SSSR count). The molecule has 2 heterocycles. The summed E-state index contributed by atoms with van der Waals surface area (Å²) in [6, 6.07) is 12.3. The minimum Gasteiger partial charge on any atom is -0.466 e.